The van der Waals surface area contributed by atoms with Gasteiger partial charge in [-0.25, -0.2) is 9.98 Å². The van der Waals surface area contributed by atoms with Crippen molar-refractivity contribution in [2.24, 2.45) is 9.98 Å². The molecule has 0 radical (unpaired) electrons. The molecule has 5 nitrogen and oxygen atoms in total. The Balaban J connectivity index is 0.00000131. The second kappa shape index (κ2) is 9.71. The quantitative estimate of drug-likeness (QED) is 0.550. The van der Waals surface area contributed by atoms with Gasteiger partial charge in [0.1, 0.15) is 30.9 Å². The van der Waals surface area contributed by atoms with Gasteiger partial charge in [-0.2, -0.15) is 0 Å². The van der Waals surface area contributed by atoms with Gasteiger partial charge in [-0.05, 0) is 11.1 Å². The first-order chi connectivity index (χ1) is 12.3. The van der Waals surface area contributed by atoms with E-state index in [1.807, 2.05) is 60.7 Å². The third-order valence-electron chi connectivity index (χ3n) is 4.21. The van der Waals surface area contributed by atoms with Gasteiger partial charge in [-0.3, -0.25) is 5.87 Å². The Kier molecular flexibility index (Phi) is 7.62. The van der Waals surface area contributed by atoms with Crippen LogP contribution in [0.1, 0.15) is 23.2 Å². The molecule has 0 spiro atoms. The molecule has 0 aliphatic carbocycles. The van der Waals surface area contributed by atoms with Crippen molar-refractivity contribution in [3.63, 3.8) is 0 Å². The molecule has 132 valence electrons. The topological polar surface area (TPSA) is 65.5 Å². The van der Waals surface area contributed by atoms with Crippen molar-refractivity contribution in [1.82, 2.24) is 0 Å². The Morgan fingerprint density at radius 1 is 0.815 bits per heavy atom. The van der Waals surface area contributed by atoms with Crippen LogP contribution in [-0.4, -0.2) is 53.9 Å². The first-order valence-corrected chi connectivity index (χ1v) is 8.14. The summed E-state index contributed by atoms with van der Waals surface area (Å²) in [7, 11) is 0. The normalized spacial score (nSPS) is 20.0. The van der Waals surface area contributed by atoms with Gasteiger partial charge in [0.15, 0.2) is 0 Å². The number of benzene rings is 2. The molecular formula is C20H16ClMgN3O2. The predicted octanol–water partition coefficient (Wildman–Crippen LogP) is 0.115. The average Bonchev–Trinajstić information content (AvgIpc) is 3.35. The Hall–Kier alpha value is -2.11. The summed E-state index contributed by atoms with van der Waals surface area (Å²) in [6, 6.07) is 19.6. The number of nitrogens with zero attached hydrogens (tertiary/aromatic N) is 3. The molecule has 0 bridgehead atoms. The van der Waals surface area contributed by atoms with Crippen LogP contribution in [0.5, 0.6) is 0 Å². The summed E-state index contributed by atoms with van der Waals surface area (Å²) in [5, 5.41) is 9.55. The van der Waals surface area contributed by atoms with Crippen molar-refractivity contribution in [3.05, 3.63) is 82.8 Å². The maximum atomic E-state index is 9.55. The van der Waals surface area contributed by atoms with Crippen LogP contribution in [0.4, 0.5) is 0 Å². The van der Waals surface area contributed by atoms with E-state index in [1.54, 1.807) is 0 Å². The fraction of sp³-hybridized carbons (Fsp3) is 0.200. The Morgan fingerprint density at radius 3 is 1.59 bits per heavy atom. The molecule has 2 aromatic carbocycles. The molecule has 2 aliphatic heterocycles. The molecule has 0 N–H and O–H groups in total. The first kappa shape index (κ1) is 21.2. The van der Waals surface area contributed by atoms with Crippen molar-refractivity contribution in [3.8, 4) is 0 Å². The van der Waals surface area contributed by atoms with E-state index in [9.17, 15) is 5.41 Å². The summed E-state index contributed by atoms with van der Waals surface area (Å²) < 4.78 is 11.3. The van der Waals surface area contributed by atoms with Gasteiger partial charge < -0.3 is 27.3 Å². The minimum absolute atomic E-state index is 0. The predicted molar refractivity (Wildman–Crippen MR) is 103 cm³/mol. The maximum absolute atomic E-state index is 9.55. The second-order valence-corrected chi connectivity index (χ2v) is 5.83. The van der Waals surface area contributed by atoms with E-state index in [2.05, 4.69) is 15.9 Å². The molecule has 4 rings (SSSR count). The van der Waals surface area contributed by atoms with Crippen LogP contribution in [0, 0.1) is 0 Å². The Morgan fingerprint density at radius 2 is 1.22 bits per heavy atom. The monoisotopic (exact) mass is 389 g/mol. The van der Waals surface area contributed by atoms with Crippen molar-refractivity contribution >= 4 is 40.7 Å². The molecule has 0 saturated heterocycles. The van der Waals surface area contributed by atoms with Gasteiger partial charge in [-0.1, -0.05) is 60.7 Å². The summed E-state index contributed by atoms with van der Waals surface area (Å²) in [5.74, 6) is 2.75. The number of aliphatic imine (C=N–C) groups is 2. The van der Waals surface area contributed by atoms with Crippen LogP contribution in [0.25, 0.3) is 5.41 Å². The number of rotatable bonds is 4. The molecule has 2 heterocycles. The number of halogens is 1. The zero-order valence-electron chi connectivity index (χ0n) is 14.6. The van der Waals surface area contributed by atoms with Gasteiger partial charge in [0.2, 0.25) is 11.8 Å². The average molecular weight is 390 g/mol. The molecular weight excluding hydrogens is 374 g/mol. The van der Waals surface area contributed by atoms with Crippen LogP contribution in [0.15, 0.2) is 76.2 Å². The van der Waals surface area contributed by atoms with Crippen molar-refractivity contribution < 1.29 is 21.9 Å². The minimum atomic E-state index is -0.105. The molecule has 0 amide bonds. The van der Waals surface area contributed by atoms with Crippen LogP contribution < -0.4 is 12.4 Å². The smallest absolute Gasteiger partial charge is 1.00 e. The molecule has 2 atom stereocenters. The zero-order chi connectivity index (χ0) is 17.1. The van der Waals surface area contributed by atoms with E-state index >= 15 is 0 Å². The van der Waals surface area contributed by atoms with Crippen LogP contribution in [0.2, 0.25) is 0 Å². The van der Waals surface area contributed by atoms with Crippen LogP contribution in [0.3, 0.4) is 0 Å². The largest absolute Gasteiger partial charge is 2.00 e. The molecule has 0 saturated carbocycles. The summed E-state index contributed by atoms with van der Waals surface area (Å²) in [5.41, 5.74) is 2.38. The standard InChI is InChI=1S/C20H16N3O2.ClH.Mg/c21-11-16(19-22-17(12-24-19)14-7-3-1-4-8-14)20-23-18(13-25-20)15-9-5-2-6-10-15;;/h1-10,17-18H,12-13H2;1H;/q-1;;+2/p-1/t17-,18-;;/m1../s1. The van der Waals surface area contributed by atoms with E-state index in [0.717, 1.165) is 11.1 Å². The minimum Gasteiger partial charge on any atom is -1.00 e. The van der Waals surface area contributed by atoms with Gasteiger partial charge in [0.05, 0.1) is 0 Å². The van der Waals surface area contributed by atoms with E-state index in [-0.39, 0.29) is 53.1 Å². The number of hydrogen-bond acceptors (Lipinski definition) is 4. The summed E-state index contributed by atoms with van der Waals surface area (Å²) in [6.45, 7) is 0.833. The third-order valence-corrected chi connectivity index (χ3v) is 4.21. The Bertz CT molecular complexity index is 813. The SMILES string of the molecule is [Cl-].[Mg+2].[N-]=C=C(C1=N[C@@H](c2ccccc2)CO1)C1=N[C@@H](c2ccccc2)CO1. The van der Waals surface area contributed by atoms with E-state index in [0.29, 0.717) is 25.0 Å². The van der Waals surface area contributed by atoms with E-state index in [4.69, 9.17) is 9.47 Å². The molecule has 2 aromatic rings. The second-order valence-electron chi connectivity index (χ2n) is 5.83. The van der Waals surface area contributed by atoms with Gasteiger partial charge in [0, 0.05) is 0 Å². The molecule has 2 aliphatic rings. The van der Waals surface area contributed by atoms with E-state index < -0.39 is 0 Å². The van der Waals surface area contributed by atoms with Crippen LogP contribution in [-0.2, 0) is 9.47 Å². The van der Waals surface area contributed by atoms with Crippen molar-refractivity contribution in [2.75, 3.05) is 13.2 Å². The van der Waals surface area contributed by atoms with Crippen molar-refractivity contribution in [2.45, 2.75) is 12.1 Å². The Labute approximate surface area is 180 Å². The summed E-state index contributed by atoms with van der Waals surface area (Å²) in [6.07, 6.45) is 0. The fourth-order valence-electron chi connectivity index (χ4n) is 2.90. The van der Waals surface area contributed by atoms with Crippen molar-refractivity contribution in [1.29, 1.82) is 0 Å². The summed E-state index contributed by atoms with van der Waals surface area (Å²) >= 11 is 0. The molecule has 0 unspecified atom stereocenters. The van der Waals surface area contributed by atoms with Crippen LogP contribution >= 0.6 is 0 Å². The molecule has 27 heavy (non-hydrogen) atoms. The van der Waals surface area contributed by atoms with Gasteiger partial charge in [0.25, 0.3) is 0 Å². The summed E-state index contributed by atoms with van der Waals surface area (Å²) in [4.78, 5) is 9.09. The molecule has 0 fully saturated rings. The fourth-order valence-corrected chi connectivity index (χ4v) is 2.90. The van der Waals surface area contributed by atoms with E-state index in [1.165, 1.54) is 0 Å². The third kappa shape index (κ3) is 4.60. The maximum Gasteiger partial charge on any atom is 2.00 e. The number of ether oxygens (including phenoxy) is 2. The molecule has 7 heteroatoms. The first-order valence-electron chi connectivity index (χ1n) is 8.14. The number of hydrogen-bond donors (Lipinski definition) is 0. The molecule has 0 aromatic heterocycles. The zero-order valence-corrected chi connectivity index (χ0v) is 16.8. The van der Waals surface area contributed by atoms with Gasteiger partial charge in [-0.15, -0.1) is 0 Å². The van der Waals surface area contributed by atoms with Gasteiger partial charge >= 0.3 is 23.1 Å².